The molecule has 2 atom stereocenters. The van der Waals surface area contributed by atoms with Gasteiger partial charge in [-0.05, 0) is 6.92 Å². The summed E-state index contributed by atoms with van der Waals surface area (Å²) in [6.45, 7) is 4.19. The topological polar surface area (TPSA) is 113 Å². The van der Waals surface area contributed by atoms with Crippen LogP contribution in [0.3, 0.4) is 0 Å². The molecule has 1 aliphatic rings. The first-order valence-corrected chi connectivity index (χ1v) is 6.25. The molecular formula is C11H21N3O5. The molecule has 0 aromatic heterocycles. The number of hydrogen-bond donors (Lipinski definition) is 4. The first-order valence-electron chi connectivity index (χ1n) is 6.25. The molecule has 0 saturated carbocycles. The molecule has 1 heterocycles. The third-order valence-corrected chi connectivity index (χ3v) is 3.10. The van der Waals surface area contributed by atoms with E-state index in [1.807, 2.05) is 4.90 Å². The lowest BCUT2D eigenvalue weighted by atomic mass is 10.2. The van der Waals surface area contributed by atoms with Crippen molar-refractivity contribution < 1.29 is 24.9 Å². The molecule has 2 amide bonds. The number of aliphatic hydroxyl groups excluding tert-OH is 2. The fraction of sp³-hybridized carbons (Fsp3) is 0.818. The van der Waals surface area contributed by atoms with E-state index in [1.54, 1.807) is 0 Å². The molecule has 110 valence electrons. The molecule has 0 unspecified atom stereocenters. The number of hydrogen-bond acceptors (Lipinski definition) is 5. The fourth-order valence-corrected chi connectivity index (χ4v) is 1.93. The Bertz CT molecular complexity index is 315. The Hall–Kier alpha value is -1.38. The van der Waals surface area contributed by atoms with Gasteiger partial charge in [0, 0.05) is 32.7 Å². The summed E-state index contributed by atoms with van der Waals surface area (Å²) in [5, 5.41) is 29.3. The number of amides is 2. The zero-order valence-electron chi connectivity index (χ0n) is 10.9. The number of carboxylic acid groups (broad SMARTS) is 1. The Kier molecular flexibility index (Phi) is 6.00. The average Bonchev–Trinajstić information content (AvgIpc) is 2.36. The van der Waals surface area contributed by atoms with Crippen molar-refractivity contribution >= 4 is 12.0 Å². The molecule has 8 nitrogen and oxygen atoms in total. The lowest BCUT2D eigenvalue weighted by molar-refractivity contribution is -0.141. The van der Waals surface area contributed by atoms with E-state index in [2.05, 4.69) is 5.32 Å². The van der Waals surface area contributed by atoms with Gasteiger partial charge in [-0.2, -0.15) is 0 Å². The normalized spacial score (nSPS) is 19.8. The summed E-state index contributed by atoms with van der Waals surface area (Å²) in [4.78, 5) is 26.2. The first-order chi connectivity index (χ1) is 8.95. The van der Waals surface area contributed by atoms with Crippen LogP contribution in [0.5, 0.6) is 0 Å². The molecule has 19 heavy (non-hydrogen) atoms. The number of aliphatic hydroxyl groups is 2. The highest BCUT2D eigenvalue weighted by Crippen LogP contribution is 2.03. The van der Waals surface area contributed by atoms with Crippen molar-refractivity contribution in [3.63, 3.8) is 0 Å². The van der Waals surface area contributed by atoms with E-state index in [0.717, 1.165) is 0 Å². The smallest absolute Gasteiger partial charge is 0.328 e. The Morgan fingerprint density at radius 2 is 1.84 bits per heavy atom. The highest BCUT2D eigenvalue weighted by molar-refractivity contribution is 5.83. The standard InChI is InChI=1S/C11H21N3O5/c1-8(16)9(10(17)18)12-11(19)14-4-2-13(3-5-14)6-7-15/h8-9,15-16H,2-7H2,1H3,(H,12,19)(H,17,18)/t8-,9+/m1/s1. The molecular weight excluding hydrogens is 254 g/mol. The van der Waals surface area contributed by atoms with Gasteiger partial charge in [0.1, 0.15) is 0 Å². The maximum atomic E-state index is 11.9. The second kappa shape index (κ2) is 7.27. The van der Waals surface area contributed by atoms with Crippen LogP contribution in [0, 0.1) is 0 Å². The summed E-state index contributed by atoms with van der Waals surface area (Å²) >= 11 is 0. The Morgan fingerprint density at radius 3 is 2.26 bits per heavy atom. The number of carboxylic acids is 1. The number of piperazine rings is 1. The summed E-state index contributed by atoms with van der Waals surface area (Å²) in [5.74, 6) is -1.26. The van der Waals surface area contributed by atoms with Crippen molar-refractivity contribution in [2.75, 3.05) is 39.3 Å². The summed E-state index contributed by atoms with van der Waals surface area (Å²) in [6, 6.07) is -1.79. The number of nitrogens with one attached hydrogen (secondary N) is 1. The van der Waals surface area contributed by atoms with E-state index in [-0.39, 0.29) is 6.61 Å². The van der Waals surface area contributed by atoms with Gasteiger partial charge < -0.3 is 25.5 Å². The zero-order valence-corrected chi connectivity index (χ0v) is 10.9. The molecule has 0 spiro atoms. The summed E-state index contributed by atoms with van der Waals surface area (Å²) in [7, 11) is 0. The minimum atomic E-state index is -1.30. The van der Waals surface area contributed by atoms with Gasteiger partial charge in [-0.3, -0.25) is 4.90 Å². The van der Waals surface area contributed by atoms with E-state index in [9.17, 15) is 14.7 Å². The minimum Gasteiger partial charge on any atom is -0.480 e. The first kappa shape index (κ1) is 15.7. The minimum absolute atomic E-state index is 0.0787. The van der Waals surface area contributed by atoms with E-state index in [0.29, 0.717) is 32.7 Å². The molecule has 8 heteroatoms. The van der Waals surface area contributed by atoms with E-state index < -0.39 is 24.1 Å². The van der Waals surface area contributed by atoms with E-state index in [4.69, 9.17) is 10.2 Å². The predicted molar refractivity (Wildman–Crippen MR) is 66.7 cm³/mol. The number of nitrogens with zero attached hydrogens (tertiary/aromatic N) is 2. The molecule has 4 N–H and O–H groups in total. The van der Waals surface area contributed by atoms with Crippen molar-refractivity contribution in [2.24, 2.45) is 0 Å². The Morgan fingerprint density at radius 1 is 1.26 bits per heavy atom. The maximum absolute atomic E-state index is 11.9. The molecule has 1 rings (SSSR count). The number of aliphatic carboxylic acids is 1. The van der Waals surface area contributed by atoms with Crippen LogP contribution in [0.2, 0.25) is 0 Å². The molecule has 0 bridgehead atoms. The van der Waals surface area contributed by atoms with Gasteiger partial charge in [0.15, 0.2) is 6.04 Å². The highest BCUT2D eigenvalue weighted by atomic mass is 16.4. The average molecular weight is 275 g/mol. The van der Waals surface area contributed by atoms with Gasteiger partial charge in [-0.25, -0.2) is 9.59 Å². The lowest BCUT2D eigenvalue weighted by Gasteiger charge is -2.35. The van der Waals surface area contributed by atoms with Crippen LogP contribution in [0.1, 0.15) is 6.92 Å². The fourth-order valence-electron chi connectivity index (χ4n) is 1.93. The predicted octanol–water partition coefficient (Wildman–Crippen LogP) is -1.86. The second-order valence-electron chi connectivity index (χ2n) is 4.56. The Balaban J connectivity index is 2.44. The van der Waals surface area contributed by atoms with Gasteiger partial charge in [0.05, 0.1) is 12.7 Å². The van der Waals surface area contributed by atoms with Gasteiger partial charge in [0.25, 0.3) is 0 Å². The van der Waals surface area contributed by atoms with Crippen LogP contribution in [-0.2, 0) is 4.79 Å². The largest absolute Gasteiger partial charge is 0.480 e. The summed E-state index contributed by atoms with van der Waals surface area (Å²) < 4.78 is 0. The third-order valence-electron chi connectivity index (χ3n) is 3.10. The Labute approximate surface area is 111 Å². The zero-order chi connectivity index (χ0) is 14.4. The van der Waals surface area contributed by atoms with Crippen LogP contribution in [-0.4, -0.2) is 88.6 Å². The summed E-state index contributed by atoms with van der Waals surface area (Å²) in [6.07, 6.45) is -1.16. The van der Waals surface area contributed by atoms with Crippen LogP contribution in [0.4, 0.5) is 4.79 Å². The second-order valence-corrected chi connectivity index (χ2v) is 4.56. The van der Waals surface area contributed by atoms with E-state index in [1.165, 1.54) is 11.8 Å². The maximum Gasteiger partial charge on any atom is 0.328 e. The molecule has 0 aromatic rings. The lowest BCUT2D eigenvalue weighted by Crippen LogP contribution is -2.56. The van der Waals surface area contributed by atoms with E-state index >= 15 is 0 Å². The van der Waals surface area contributed by atoms with Crippen LogP contribution >= 0.6 is 0 Å². The van der Waals surface area contributed by atoms with Crippen LogP contribution in [0.15, 0.2) is 0 Å². The molecule has 1 saturated heterocycles. The number of rotatable bonds is 5. The summed E-state index contributed by atoms with van der Waals surface area (Å²) in [5.41, 5.74) is 0. The highest BCUT2D eigenvalue weighted by Gasteiger charge is 2.28. The molecule has 0 radical (unpaired) electrons. The van der Waals surface area contributed by atoms with Crippen molar-refractivity contribution in [3.8, 4) is 0 Å². The van der Waals surface area contributed by atoms with Crippen LogP contribution < -0.4 is 5.32 Å². The van der Waals surface area contributed by atoms with Crippen molar-refractivity contribution in [1.29, 1.82) is 0 Å². The van der Waals surface area contributed by atoms with Crippen molar-refractivity contribution in [1.82, 2.24) is 15.1 Å². The van der Waals surface area contributed by atoms with Crippen LogP contribution in [0.25, 0.3) is 0 Å². The number of carbonyl (C=O) groups excluding carboxylic acids is 1. The van der Waals surface area contributed by atoms with Crippen molar-refractivity contribution in [2.45, 2.75) is 19.1 Å². The van der Waals surface area contributed by atoms with Gasteiger partial charge in [-0.15, -0.1) is 0 Å². The SMILES string of the molecule is C[C@@H](O)[C@H](NC(=O)N1CCN(CCO)CC1)C(=O)O. The molecule has 0 aliphatic carbocycles. The quantitative estimate of drug-likeness (QED) is 0.468. The molecule has 1 fully saturated rings. The third kappa shape index (κ3) is 4.66. The molecule has 0 aromatic carbocycles. The monoisotopic (exact) mass is 275 g/mol. The van der Waals surface area contributed by atoms with Gasteiger partial charge in [-0.1, -0.05) is 0 Å². The molecule has 1 aliphatic heterocycles. The van der Waals surface area contributed by atoms with Gasteiger partial charge in [0.2, 0.25) is 0 Å². The van der Waals surface area contributed by atoms with Crippen molar-refractivity contribution in [3.05, 3.63) is 0 Å². The van der Waals surface area contributed by atoms with Gasteiger partial charge >= 0.3 is 12.0 Å². The number of urea groups is 1. The number of β-amino-alcohol motifs (C(OH)–C–C–N with tert-alkyl or cyclic N) is 1. The number of carbonyl (C=O) groups is 2.